The number of rotatable bonds is 3. The molecule has 0 aliphatic heterocycles. The lowest BCUT2D eigenvalue weighted by Crippen LogP contribution is -2.11. The molecule has 2 aromatic carbocycles. The summed E-state index contributed by atoms with van der Waals surface area (Å²) in [6.07, 6.45) is 0. The van der Waals surface area contributed by atoms with Crippen LogP contribution in [-0.4, -0.2) is 18.0 Å². The quantitative estimate of drug-likeness (QED) is 0.767. The van der Waals surface area contributed by atoms with E-state index in [0.717, 1.165) is 15.8 Å². The van der Waals surface area contributed by atoms with Gasteiger partial charge in [0.15, 0.2) is 5.13 Å². The summed E-state index contributed by atoms with van der Waals surface area (Å²) in [7, 11) is 1.59. The van der Waals surface area contributed by atoms with Gasteiger partial charge in [-0.1, -0.05) is 29.0 Å². The number of methoxy groups -OCH3 is 1. The van der Waals surface area contributed by atoms with E-state index in [9.17, 15) is 4.79 Å². The van der Waals surface area contributed by atoms with Crippen molar-refractivity contribution in [2.24, 2.45) is 0 Å². The van der Waals surface area contributed by atoms with E-state index >= 15 is 0 Å². The van der Waals surface area contributed by atoms with Gasteiger partial charge < -0.3 is 4.74 Å². The van der Waals surface area contributed by atoms with Crippen molar-refractivity contribution in [1.82, 2.24) is 4.98 Å². The van der Waals surface area contributed by atoms with Crippen LogP contribution < -0.4 is 10.1 Å². The molecule has 3 aromatic rings. The van der Waals surface area contributed by atoms with Crippen molar-refractivity contribution in [1.29, 1.82) is 0 Å². The smallest absolute Gasteiger partial charge is 0.257 e. The van der Waals surface area contributed by atoms with Gasteiger partial charge in [-0.05, 0) is 42.8 Å². The molecule has 0 saturated heterocycles. The zero-order valence-corrected chi connectivity index (χ0v) is 13.6. The number of hydrogen-bond acceptors (Lipinski definition) is 4. The van der Waals surface area contributed by atoms with Gasteiger partial charge in [-0.25, -0.2) is 4.98 Å². The molecule has 3 rings (SSSR count). The molecular formula is C16H13ClN2O2S. The fourth-order valence-electron chi connectivity index (χ4n) is 2.07. The van der Waals surface area contributed by atoms with E-state index in [0.29, 0.717) is 21.5 Å². The van der Waals surface area contributed by atoms with Crippen molar-refractivity contribution in [2.75, 3.05) is 12.4 Å². The molecule has 1 heterocycles. The SMILES string of the molecule is COc1ccc(C(=O)Nc2nc3c(C)ccc(Cl)c3s2)cc1. The fraction of sp³-hybridized carbons (Fsp3) is 0.125. The first-order valence-electron chi connectivity index (χ1n) is 6.59. The van der Waals surface area contributed by atoms with Crippen molar-refractivity contribution < 1.29 is 9.53 Å². The molecule has 6 heteroatoms. The second-order valence-corrected chi connectivity index (χ2v) is 6.15. The normalized spacial score (nSPS) is 10.7. The van der Waals surface area contributed by atoms with Gasteiger partial charge >= 0.3 is 0 Å². The van der Waals surface area contributed by atoms with Crippen LogP contribution in [0, 0.1) is 6.92 Å². The number of amides is 1. The van der Waals surface area contributed by atoms with Crippen LogP contribution >= 0.6 is 22.9 Å². The van der Waals surface area contributed by atoms with Crippen LogP contribution in [-0.2, 0) is 0 Å². The van der Waals surface area contributed by atoms with Crippen LogP contribution in [0.2, 0.25) is 5.02 Å². The first-order valence-corrected chi connectivity index (χ1v) is 7.79. The predicted octanol–water partition coefficient (Wildman–Crippen LogP) is 4.52. The number of carbonyl (C=O) groups excluding carboxylic acids is 1. The lowest BCUT2D eigenvalue weighted by Gasteiger charge is -2.03. The van der Waals surface area contributed by atoms with Crippen LogP contribution in [0.15, 0.2) is 36.4 Å². The molecule has 0 saturated carbocycles. The third-order valence-electron chi connectivity index (χ3n) is 3.27. The Morgan fingerprint density at radius 1 is 1.23 bits per heavy atom. The first kappa shape index (κ1) is 14.8. The Labute approximate surface area is 136 Å². The molecule has 0 aliphatic carbocycles. The summed E-state index contributed by atoms with van der Waals surface area (Å²) < 4.78 is 5.96. The summed E-state index contributed by atoms with van der Waals surface area (Å²) in [6, 6.07) is 10.7. The van der Waals surface area contributed by atoms with Crippen LogP contribution in [0.5, 0.6) is 5.75 Å². The number of fused-ring (bicyclic) bond motifs is 1. The number of halogens is 1. The van der Waals surface area contributed by atoms with Crippen LogP contribution in [0.3, 0.4) is 0 Å². The molecule has 1 aromatic heterocycles. The molecule has 0 atom stereocenters. The summed E-state index contributed by atoms with van der Waals surface area (Å²) >= 11 is 7.54. The van der Waals surface area contributed by atoms with Gasteiger partial charge in [-0.2, -0.15) is 0 Å². The van der Waals surface area contributed by atoms with E-state index in [1.165, 1.54) is 11.3 Å². The molecule has 0 radical (unpaired) electrons. The van der Waals surface area contributed by atoms with Crippen molar-refractivity contribution in [3.05, 3.63) is 52.5 Å². The van der Waals surface area contributed by atoms with Gasteiger partial charge in [0.1, 0.15) is 5.75 Å². The highest BCUT2D eigenvalue weighted by Gasteiger charge is 2.13. The number of aryl methyl sites for hydroxylation is 1. The third kappa shape index (κ3) is 2.77. The summed E-state index contributed by atoms with van der Waals surface area (Å²) in [5, 5.41) is 3.98. The summed E-state index contributed by atoms with van der Waals surface area (Å²) in [5.74, 6) is 0.495. The van der Waals surface area contributed by atoms with E-state index in [4.69, 9.17) is 16.3 Å². The van der Waals surface area contributed by atoms with Crippen LogP contribution in [0.25, 0.3) is 10.2 Å². The zero-order chi connectivity index (χ0) is 15.7. The van der Waals surface area contributed by atoms with Crippen molar-refractivity contribution >= 4 is 44.2 Å². The van der Waals surface area contributed by atoms with E-state index in [2.05, 4.69) is 10.3 Å². The number of ether oxygens (including phenoxy) is 1. The molecular weight excluding hydrogens is 320 g/mol. The van der Waals surface area contributed by atoms with Crippen LogP contribution in [0.1, 0.15) is 15.9 Å². The van der Waals surface area contributed by atoms with Gasteiger partial charge in [0.2, 0.25) is 0 Å². The van der Waals surface area contributed by atoms with E-state index in [1.807, 2.05) is 19.1 Å². The highest BCUT2D eigenvalue weighted by atomic mass is 35.5. The van der Waals surface area contributed by atoms with Crippen molar-refractivity contribution in [3.8, 4) is 5.75 Å². The molecule has 0 aliphatic rings. The topological polar surface area (TPSA) is 51.2 Å². The number of benzene rings is 2. The van der Waals surface area contributed by atoms with E-state index in [1.54, 1.807) is 31.4 Å². The number of anilines is 1. The maximum absolute atomic E-state index is 12.2. The second kappa shape index (κ2) is 5.94. The lowest BCUT2D eigenvalue weighted by atomic mass is 10.2. The number of hydrogen-bond donors (Lipinski definition) is 1. The van der Waals surface area contributed by atoms with Crippen molar-refractivity contribution in [3.63, 3.8) is 0 Å². The van der Waals surface area contributed by atoms with Crippen LogP contribution in [0.4, 0.5) is 5.13 Å². The monoisotopic (exact) mass is 332 g/mol. The molecule has 0 unspecified atom stereocenters. The van der Waals surface area contributed by atoms with E-state index in [-0.39, 0.29) is 5.91 Å². The summed E-state index contributed by atoms with van der Waals surface area (Å²) in [6.45, 7) is 1.97. The van der Waals surface area contributed by atoms with Gasteiger partial charge in [0.25, 0.3) is 5.91 Å². The molecule has 4 nitrogen and oxygen atoms in total. The number of thiazole rings is 1. The fourth-order valence-corrected chi connectivity index (χ4v) is 3.28. The molecule has 112 valence electrons. The first-order chi connectivity index (χ1) is 10.6. The molecule has 1 N–H and O–H groups in total. The Balaban J connectivity index is 1.87. The predicted molar refractivity (Wildman–Crippen MR) is 90.3 cm³/mol. The molecule has 1 amide bonds. The summed E-state index contributed by atoms with van der Waals surface area (Å²) in [5.41, 5.74) is 2.39. The summed E-state index contributed by atoms with van der Waals surface area (Å²) in [4.78, 5) is 16.7. The molecule has 0 bridgehead atoms. The average molecular weight is 333 g/mol. The maximum atomic E-state index is 12.2. The maximum Gasteiger partial charge on any atom is 0.257 e. The average Bonchev–Trinajstić information content (AvgIpc) is 2.96. The Kier molecular flexibility index (Phi) is 4.00. The molecule has 22 heavy (non-hydrogen) atoms. The lowest BCUT2D eigenvalue weighted by molar-refractivity contribution is 0.102. The zero-order valence-electron chi connectivity index (χ0n) is 12.0. The third-order valence-corrected chi connectivity index (χ3v) is 4.70. The number of carbonyl (C=O) groups is 1. The highest BCUT2D eigenvalue weighted by Crippen LogP contribution is 2.34. The number of aromatic nitrogens is 1. The number of nitrogens with zero attached hydrogens (tertiary/aromatic N) is 1. The van der Waals surface area contributed by atoms with Gasteiger partial charge in [-0.3, -0.25) is 10.1 Å². The number of nitrogens with one attached hydrogen (secondary N) is 1. The minimum absolute atomic E-state index is 0.213. The highest BCUT2D eigenvalue weighted by molar-refractivity contribution is 7.23. The Bertz CT molecular complexity index is 804. The molecule has 0 fully saturated rings. The molecule has 0 spiro atoms. The minimum Gasteiger partial charge on any atom is -0.497 e. The second-order valence-electron chi connectivity index (χ2n) is 4.74. The Hall–Kier alpha value is -2.11. The standard InChI is InChI=1S/C16H13ClN2O2S/c1-9-3-8-12(17)14-13(9)18-16(22-14)19-15(20)10-4-6-11(21-2)7-5-10/h3-8H,1-2H3,(H,18,19,20). The largest absolute Gasteiger partial charge is 0.497 e. The Morgan fingerprint density at radius 2 is 1.95 bits per heavy atom. The minimum atomic E-state index is -0.213. The van der Waals surface area contributed by atoms with Gasteiger partial charge in [0.05, 0.1) is 22.3 Å². The van der Waals surface area contributed by atoms with Gasteiger partial charge in [0, 0.05) is 5.56 Å². The Morgan fingerprint density at radius 3 is 2.59 bits per heavy atom. The van der Waals surface area contributed by atoms with Gasteiger partial charge in [-0.15, -0.1) is 0 Å². The van der Waals surface area contributed by atoms with Crippen molar-refractivity contribution in [2.45, 2.75) is 6.92 Å². The van der Waals surface area contributed by atoms with E-state index < -0.39 is 0 Å².